The molecule has 2 N–H and O–H groups in total. The van der Waals surface area contributed by atoms with Crippen molar-refractivity contribution in [2.45, 2.75) is 13.0 Å². The number of benzene rings is 1. The molecule has 1 aromatic carbocycles. The molecule has 0 spiro atoms. The largest absolute Gasteiger partial charge is 0.365 e. The minimum Gasteiger partial charge on any atom is -0.365 e. The highest BCUT2D eigenvalue weighted by molar-refractivity contribution is 5.96. The number of nitrogens with two attached hydrogens (primary N) is 1. The predicted molar refractivity (Wildman–Crippen MR) is 88.4 cm³/mol. The monoisotopic (exact) mass is 342 g/mol. The molecule has 25 heavy (non-hydrogen) atoms. The Bertz CT molecular complexity index is 950. The summed E-state index contributed by atoms with van der Waals surface area (Å²) in [6.45, 7) is 0.0413. The molecule has 0 radical (unpaired) electrons. The Morgan fingerprint density at radius 2 is 2.00 bits per heavy atom. The second kappa shape index (κ2) is 6.19. The summed E-state index contributed by atoms with van der Waals surface area (Å²) in [5, 5.41) is 11.0. The summed E-state index contributed by atoms with van der Waals surface area (Å²) in [6, 6.07) is 8.20. The van der Waals surface area contributed by atoms with Gasteiger partial charge in [-0.2, -0.15) is 0 Å². The van der Waals surface area contributed by atoms with E-state index in [4.69, 9.17) is 5.73 Å². The first-order valence-corrected chi connectivity index (χ1v) is 7.45. The van der Waals surface area contributed by atoms with E-state index in [1.54, 1.807) is 12.1 Å². The quantitative estimate of drug-likeness (QED) is 0.637. The van der Waals surface area contributed by atoms with E-state index < -0.39 is 40.1 Å². The molecule has 2 aromatic rings. The summed E-state index contributed by atoms with van der Waals surface area (Å²) in [6.07, 6.45) is 1.63. The first-order valence-electron chi connectivity index (χ1n) is 7.45. The number of anilines is 1. The Labute approximate surface area is 141 Å². The third-order valence-corrected chi connectivity index (χ3v) is 4.04. The number of carbonyl (C=O) groups excluding carboxylic acids is 2. The standard InChI is InChI=1S/C16H14N4O5/c17-15(22)12-7-11(20(24)25)8-18(16(12)23)9-14(21)19-6-5-10-3-1-2-4-13(10)19/h1-4,7-8H,5-6,9H2,(H2,17,22). The molecule has 2 amide bonds. The average Bonchev–Trinajstić information content (AvgIpc) is 3.00. The van der Waals surface area contributed by atoms with Crippen LogP contribution in [0.1, 0.15) is 15.9 Å². The molecule has 1 aliphatic heterocycles. The van der Waals surface area contributed by atoms with E-state index in [0.717, 1.165) is 28.1 Å². The molecule has 9 nitrogen and oxygen atoms in total. The fraction of sp³-hybridized carbons (Fsp3) is 0.188. The van der Waals surface area contributed by atoms with Gasteiger partial charge in [0.15, 0.2) is 0 Å². The number of rotatable bonds is 4. The van der Waals surface area contributed by atoms with Crippen molar-refractivity contribution in [2.24, 2.45) is 5.73 Å². The third-order valence-electron chi connectivity index (χ3n) is 4.04. The van der Waals surface area contributed by atoms with Gasteiger partial charge in [-0.1, -0.05) is 18.2 Å². The maximum Gasteiger partial charge on any atom is 0.286 e. The van der Waals surface area contributed by atoms with Gasteiger partial charge in [0.05, 0.1) is 11.1 Å². The maximum atomic E-state index is 12.6. The fourth-order valence-electron chi connectivity index (χ4n) is 2.84. The van der Waals surface area contributed by atoms with Crippen LogP contribution in [-0.4, -0.2) is 27.8 Å². The Morgan fingerprint density at radius 1 is 1.28 bits per heavy atom. The van der Waals surface area contributed by atoms with Crippen LogP contribution >= 0.6 is 0 Å². The molecule has 0 saturated heterocycles. The minimum absolute atomic E-state index is 0.400. The molecule has 1 aliphatic rings. The van der Waals surface area contributed by atoms with E-state index in [9.17, 15) is 24.5 Å². The molecule has 0 saturated carbocycles. The van der Waals surface area contributed by atoms with E-state index in [1.807, 2.05) is 12.1 Å². The van der Waals surface area contributed by atoms with Crippen LogP contribution in [0.25, 0.3) is 0 Å². The number of hydrogen-bond acceptors (Lipinski definition) is 5. The number of fused-ring (bicyclic) bond motifs is 1. The van der Waals surface area contributed by atoms with Crippen molar-refractivity contribution in [3.8, 4) is 0 Å². The predicted octanol–water partition coefficient (Wildman–Crippen LogP) is 0.445. The number of aromatic nitrogens is 1. The molecule has 1 aromatic heterocycles. The molecule has 128 valence electrons. The van der Waals surface area contributed by atoms with Gasteiger partial charge < -0.3 is 10.6 Å². The van der Waals surface area contributed by atoms with Crippen molar-refractivity contribution in [1.82, 2.24) is 4.57 Å². The lowest BCUT2D eigenvalue weighted by atomic mass is 10.2. The van der Waals surface area contributed by atoms with Crippen molar-refractivity contribution < 1.29 is 14.5 Å². The van der Waals surface area contributed by atoms with Crippen LogP contribution in [0.15, 0.2) is 41.3 Å². The van der Waals surface area contributed by atoms with Crippen molar-refractivity contribution >= 4 is 23.2 Å². The van der Waals surface area contributed by atoms with E-state index in [2.05, 4.69) is 0 Å². The first-order chi connectivity index (χ1) is 11.9. The van der Waals surface area contributed by atoms with Gasteiger partial charge >= 0.3 is 0 Å². The van der Waals surface area contributed by atoms with Crippen molar-refractivity contribution in [3.63, 3.8) is 0 Å². The van der Waals surface area contributed by atoms with E-state index >= 15 is 0 Å². The number of nitro groups is 1. The zero-order valence-corrected chi connectivity index (χ0v) is 13.0. The summed E-state index contributed by atoms with van der Waals surface area (Å²) in [5.41, 5.74) is 5.02. The van der Waals surface area contributed by atoms with Crippen molar-refractivity contribution in [2.75, 3.05) is 11.4 Å². The van der Waals surface area contributed by atoms with Crippen LogP contribution in [0.2, 0.25) is 0 Å². The van der Waals surface area contributed by atoms with Gasteiger partial charge in [-0.25, -0.2) is 0 Å². The van der Waals surface area contributed by atoms with Gasteiger partial charge in [-0.3, -0.25) is 29.1 Å². The topological polar surface area (TPSA) is 129 Å². The molecule has 0 aliphatic carbocycles. The normalized spacial score (nSPS) is 12.7. The first kappa shape index (κ1) is 16.4. The zero-order chi connectivity index (χ0) is 18.1. The van der Waals surface area contributed by atoms with Gasteiger partial charge in [0.1, 0.15) is 12.1 Å². The van der Waals surface area contributed by atoms with Gasteiger partial charge in [0.25, 0.3) is 17.2 Å². The second-order valence-electron chi connectivity index (χ2n) is 5.59. The molecule has 0 atom stereocenters. The highest BCUT2D eigenvalue weighted by Crippen LogP contribution is 2.27. The molecule has 0 unspecified atom stereocenters. The molecular weight excluding hydrogens is 328 g/mol. The van der Waals surface area contributed by atoms with E-state index in [0.29, 0.717) is 13.0 Å². The molecule has 0 bridgehead atoms. The van der Waals surface area contributed by atoms with Crippen LogP contribution in [0.4, 0.5) is 11.4 Å². The lowest BCUT2D eigenvalue weighted by molar-refractivity contribution is -0.385. The van der Waals surface area contributed by atoms with Crippen LogP contribution < -0.4 is 16.2 Å². The smallest absolute Gasteiger partial charge is 0.286 e. The number of pyridine rings is 1. The average molecular weight is 342 g/mol. The SMILES string of the molecule is NC(=O)c1cc([N+](=O)[O-])cn(CC(=O)N2CCc3ccccc32)c1=O. The highest BCUT2D eigenvalue weighted by Gasteiger charge is 2.26. The van der Waals surface area contributed by atoms with Crippen LogP contribution in [0.3, 0.4) is 0 Å². The number of nitrogens with zero attached hydrogens (tertiary/aromatic N) is 3. The lowest BCUT2D eigenvalue weighted by Crippen LogP contribution is -2.37. The van der Waals surface area contributed by atoms with Crippen molar-refractivity contribution in [3.05, 3.63) is 68.1 Å². The molecule has 0 fully saturated rings. The number of hydrogen-bond donors (Lipinski definition) is 1. The summed E-state index contributed by atoms with van der Waals surface area (Å²) in [7, 11) is 0. The van der Waals surface area contributed by atoms with Gasteiger partial charge in [-0.05, 0) is 18.1 Å². The summed E-state index contributed by atoms with van der Waals surface area (Å²) >= 11 is 0. The van der Waals surface area contributed by atoms with Crippen LogP contribution in [-0.2, 0) is 17.8 Å². The Balaban J connectivity index is 1.95. The number of para-hydroxylation sites is 1. The minimum atomic E-state index is -1.08. The number of primary amides is 1. The Hall–Kier alpha value is -3.49. The maximum absolute atomic E-state index is 12.6. The molecule has 2 heterocycles. The van der Waals surface area contributed by atoms with Crippen LogP contribution in [0, 0.1) is 10.1 Å². The van der Waals surface area contributed by atoms with Crippen molar-refractivity contribution in [1.29, 1.82) is 0 Å². The summed E-state index contributed by atoms with van der Waals surface area (Å²) < 4.78 is 0.849. The second-order valence-corrected chi connectivity index (χ2v) is 5.59. The van der Waals surface area contributed by atoms with E-state index in [-0.39, 0.29) is 0 Å². The molecule has 3 rings (SSSR count). The fourth-order valence-corrected chi connectivity index (χ4v) is 2.84. The van der Waals surface area contributed by atoms with E-state index in [1.165, 1.54) is 4.90 Å². The van der Waals surface area contributed by atoms with Crippen LogP contribution in [0.5, 0.6) is 0 Å². The highest BCUT2D eigenvalue weighted by atomic mass is 16.6. The summed E-state index contributed by atoms with van der Waals surface area (Å²) in [5.74, 6) is -1.48. The lowest BCUT2D eigenvalue weighted by Gasteiger charge is -2.18. The Morgan fingerprint density at radius 3 is 2.68 bits per heavy atom. The van der Waals surface area contributed by atoms with Gasteiger partial charge in [0.2, 0.25) is 5.91 Å². The van der Waals surface area contributed by atoms with Gasteiger partial charge in [-0.15, -0.1) is 0 Å². The number of amides is 2. The Kier molecular flexibility index (Phi) is 4.05. The molecule has 9 heteroatoms. The zero-order valence-electron chi connectivity index (χ0n) is 13.0. The third kappa shape index (κ3) is 2.99. The number of carbonyl (C=O) groups is 2. The molecular formula is C16H14N4O5. The summed E-state index contributed by atoms with van der Waals surface area (Å²) in [4.78, 5) is 47.9. The van der Waals surface area contributed by atoms with Gasteiger partial charge in [0, 0.05) is 18.3 Å².